The molecular formula is C20H24N6O2S. The second-order valence-electron chi connectivity index (χ2n) is 6.88. The van der Waals surface area contributed by atoms with E-state index in [-0.39, 0.29) is 16.9 Å². The fraction of sp³-hybridized carbons (Fsp3) is 0.250. The standard InChI is InChI=1S/C20H24N6O2S/c1-14(2)21-19-23-18(15-10-6-5-7-11-15)24-20(25-19)22-16-12-8-9-13-17(16)29(27,28)26(3)4/h5-14H,1-4H3,(H2,21,22,23,24,25). The molecule has 0 fully saturated rings. The largest absolute Gasteiger partial charge is 0.352 e. The topological polar surface area (TPSA) is 100 Å². The highest BCUT2D eigenvalue weighted by atomic mass is 32.2. The first-order chi connectivity index (χ1) is 13.8. The second kappa shape index (κ2) is 8.54. The van der Waals surface area contributed by atoms with E-state index in [1.165, 1.54) is 18.4 Å². The molecule has 0 saturated heterocycles. The predicted octanol–water partition coefficient (Wildman–Crippen LogP) is 3.35. The Kier molecular flexibility index (Phi) is 6.09. The summed E-state index contributed by atoms with van der Waals surface area (Å²) in [4.78, 5) is 13.5. The molecule has 2 N–H and O–H groups in total. The lowest BCUT2D eigenvalue weighted by atomic mass is 10.2. The summed E-state index contributed by atoms with van der Waals surface area (Å²) in [5, 5.41) is 6.22. The van der Waals surface area contributed by atoms with Gasteiger partial charge in [-0.15, -0.1) is 0 Å². The third-order valence-electron chi connectivity index (χ3n) is 3.98. The van der Waals surface area contributed by atoms with E-state index in [0.29, 0.717) is 17.5 Å². The number of nitrogens with zero attached hydrogens (tertiary/aromatic N) is 4. The molecule has 1 aromatic heterocycles. The molecule has 9 heteroatoms. The number of hydrogen-bond donors (Lipinski definition) is 2. The molecular weight excluding hydrogens is 388 g/mol. The molecule has 0 atom stereocenters. The van der Waals surface area contributed by atoms with Gasteiger partial charge in [0.2, 0.25) is 21.9 Å². The normalized spacial score (nSPS) is 11.7. The van der Waals surface area contributed by atoms with Crippen LogP contribution in [0.1, 0.15) is 13.8 Å². The van der Waals surface area contributed by atoms with E-state index in [0.717, 1.165) is 5.56 Å². The molecule has 8 nitrogen and oxygen atoms in total. The fourth-order valence-corrected chi connectivity index (χ4v) is 3.62. The van der Waals surface area contributed by atoms with Gasteiger partial charge in [0, 0.05) is 25.7 Å². The van der Waals surface area contributed by atoms with E-state index in [1.54, 1.807) is 24.3 Å². The van der Waals surface area contributed by atoms with Crippen molar-refractivity contribution in [1.29, 1.82) is 0 Å². The summed E-state index contributed by atoms with van der Waals surface area (Å²) < 4.78 is 26.5. The molecule has 0 saturated carbocycles. The number of sulfonamides is 1. The van der Waals surface area contributed by atoms with Crippen LogP contribution in [0.5, 0.6) is 0 Å². The highest BCUT2D eigenvalue weighted by molar-refractivity contribution is 7.89. The van der Waals surface area contributed by atoms with Crippen molar-refractivity contribution in [2.75, 3.05) is 24.7 Å². The zero-order chi connectivity index (χ0) is 21.0. The highest BCUT2D eigenvalue weighted by Gasteiger charge is 2.21. The maximum absolute atomic E-state index is 12.7. The minimum atomic E-state index is -3.64. The number of aromatic nitrogens is 3. The van der Waals surface area contributed by atoms with Gasteiger partial charge in [0.05, 0.1) is 5.69 Å². The van der Waals surface area contributed by atoms with E-state index in [2.05, 4.69) is 25.6 Å². The van der Waals surface area contributed by atoms with E-state index in [9.17, 15) is 8.42 Å². The molecule has 0 unspecified atom stereocenters. The molecule has 0 radical (unpaired) electrons. The van der Waals surface area contributed by atoms with Crippen molar-refractivity contribution in [1.82, 2.24) is 19.3 Å². The summed E-state index contributed by atoms with van der Waals surface area (Å²) in [7, 11) is -0.648. The number of para-hydroxylation sites is 1. The molecule has 0 aliphatic carbocycles. The third kappa shape index (κ3) is 4.87. The molecule has 0 aliphatic rings. The Balaban J connectivity index is 2.06. The van der Waals surface area contributed by atoms with E-state index >= 15 is 0 Å². The monoisotopic (exact) mass is 412 g/mol. The number of anilines is 3. The van der Waals surface area contributed by atoms with Crippen molar-refractivity contribution in [3.05, 3.63) is 54.6 Å². The first-order valence-corrected chi connectivity index (χ1v) is 10.6. The van der Waals surface area contributed by atoms with Gasteiger partial charge in [0.1, 0.15) is 4.90 Å². The van der Waals surface area contributed by atoms with Gasteiger partial charge in [-0.2, -0.15) is 15.0 Å². The van der Waals surface area contributed by atoms with Gasteiger partial charge in [-0.25, -0.2) is 12.7 Å². The molecule has 152 valence electrons. The van der Waals surface area contributed by atoms with Crippen LogP contribution in [0.4, 0.5) is 17.6 Å². The molecule has 3 aromatic rings. The molecule has 0 spiro atoms. The number of rotatable bonds is 7. The van der Waals surface area contributed by atoms with Crippen LogP contribution in [0.25, 0.3) is 11.4 Å². The molecule has 0 aliphatic heterocycles. The van der Waals surface area contributed by atoms with Crippen molar-refractivity contribution < 1.29 is 8.42 Å². The Morgan fingerprint density at radius 3 is 2.14 bits per heavy atom. The van der Waals surface area contributed by atoms with Crippen LogP contribution in [0.3, 0.4) is 0 Å². The van der Waals surface area contributed by atoms with E-state index in [1.807, 2.05) is 44.2 Å². The van der Waals surface area contributed by atoms with Crippen LogP contribution in [-0.4, -0.2) is 47.8 Å². The Morgan fingerprint density at radius 2 is 1.48 bits per heavy atom. The first kappa shape index (κ1) is 20.7. The molecule has 1 heterocycles. The van der Waals surface area contributed by atoms with Gasteiger partial charge in [0.25, 0.3) is 0 Å². The van der Waals surface area contributed by atoms with Crippen LogP contribution >= 0.6 is 0 Å². The van der Waals surface area contributed by atoms with Crippen molar-refractivity contribution in [2.45, 2.75) is 24.8 Å². The van der Waals surface area contributed by atoms with E-state index in [4.69, 9.17) is 0 Å². The first-order valence-electron chi connectivity index (χ1n) is 9.14. The highest BCUT2D eigenvalue weighted by Crippen LogP contribution is 2.26. The predicted molar refractivity (Wildman–Crippen MR) is 115 cm³/mol. The van der Waals surface area contributed by atoms with Crippen molar-refractivity contribution in [2.24, 2.45) is 0 Å². The summed E-state index contributed by atoms with van der Waals surface area (Å²) in [5.41, 5.74) is 1.22. The molecule has 2 aromatic carbocycles. The third-order valence-corrected chi connectivity index (χ3v) is 5.85. The lowest BCUT2D eigenvalue weighted by molar-refractivity contribution is 0.521. The summed E-state index contributed by atoms with van der Waals surface area (Å²) in [6.07, 6.45) is 0. The lowest BCUT2D eigenvalue weighted by Crippen LogP contribution is -2.23. The molecule has 0 amide bonds. The quantitative estimate of drug-likeness (QED) is 0.614. The molecule has 29 heavy (non-hydrogen) atoms. The SMILES string of the molecule is CC(C)Nc1nc(Nc2ccccc2S(=O)(=O)N(C)C)nc(-c2ccccc2)n1. The Morgan fingerprint density at radius 1 is 0.862 bits per heavy atom. The second-order valence-corrected chi connectivity index (χ2v) is 9.00. The number of hydrogen-bond acceptors (Lipinski definition) is 7. The molecule has 3 rings (SSSR count). The molecule has 0 bridgehead atoms. The van der Waals surface area contributed by atoms with Crippen molar-refractivity contribution in [3.8, 4) is 11.4 Å². The average molecular weight is 413 g/mol. The van der Waals surface area contributed by atoms with Crippen molar-refractivity contribution >= 4 is 27.6 Å². The maximum Gasteiger partial charge on any atom is 0.244 e. The maximum atomic E-state index is 12.7. The average Bonchev–Trinajstić information content (AvgIpc) is 2.68. The van der Waals surface area contributed by atoms with Gasteiger partial charge in [-0.05, 0) is 26.0 Å². The van der Waals surface area contributed by atoms with Crippen LogP contribution in [-0.2, 0) is 10.0 Å². The lowest BCUT2D eigenvalue weighted by Gasteiger charge is -2.16. The number of nitrogens with one attached hydrogen (secondary N) is 2. The zero-order valence-electron chi connectivity index (χ0n) is 16.8. The van der Waals surface area contributed by atoms with Crippen LogP contribution < -0.4 is 10.6 Å². The van der Waals surface area contributed by atoms with Crippen LogP contribution in [0, 0.1) is 0 Å². The van der Waals surface area contributed by atoms with Crippen molar-refractivity contribution in [3.63, 3.8) is 0 Å². The minimum absolute atomic E-state index is 0.121. The Bertz CT molecular complexity index is 1090. The zero-order valence-corrected chi connectivity index (χ0v) is 17.6. The summed E-state index contributed by atoms with van der Waals surface area (Å²) in [6.45, 7) is 3.97. The van der Waals surface area contributed by atoms with Gasteiger partial charge < -0.3 is 10.6 Å². The minimum Gasteiger partial charge on any atom is -0.352 e. The van der Waals surface area contributed by atoms with Gasteiger partial charge in [-0.3, -0.25) is 0 Å². The van der Waals surface area contributed by atoms with Gasteiger partial charge >= 0.3 is 0 Å². The van der Waals surface area contributed by atoms with Crippen LogP contribution in [0.2, 0.25) is 0 Å². The Hall–Kier alpha value is -3.04. The Labute approximate surface area is 171 Å². The van der Waals surface area contributed by atoms with Crippen LogP contribution in [0.15, 0.2) is 59.5 Å². The van der Waals surface area contributed by atoms with E-state index < -0.39 is 10.0 Å². The fourth-order valence-electron chi connectivity index (χ4n) is 2.58. The van der Waals surface area contributed by atoms with Gasteiger partial charge in [-0.1, -0.05) is 42.5 Å². The van der Waals surface area contributed by atoms with Gasteiger partial charge in [0.15, 0.2) is 5.82 Å². The number of benzene rings is 2. The summed E-state index contributed by atoms with van der Waals surface area (Å²) >= 11 is 0. The summed E-state index contributed by atoms with van der Waals surface area (Å²) in [5.74, 6) is 1.15. The summed E-state index contributed by atoms with van der Waals surface area (Å²) in [6, 6.07) is 16.3. The smallest absolute Gasteiger partial charge is 0.244 e.